The fraction of sp³-hybridized carbons (Fsp3) is 0.300. The highest BCUT2D eigenvalue weighted by molar-refractivity contribution is 5.91. The van der Waals surface area contributed by atoms with E-state index in [1.54, 1.807) is 17.0 Å². The molecule has 4 nitrogen and oxygen atoms in total. The van der Waals surface area contributed by atoms with Crippen molar-refractivity contribution in [1.82, 2.24) is 4.90 Å². The molecule has 0 aliphatic carbocycles. The van der Waals surface area contributed by atoms with Crippen molar-refractivity contribution in [1.29, 1.82) is 0 Å². The molecule has 0 radical (unpaired) electrons. The Kier molecular flexibility index (Phi) is 5.26. The van der Waals surface area contributed by atoms with Crippen molar-refractivity contribution < 1.29 is 14.3 Å². The van der Waals surface area contributed by atoms with Gasteiger partial charge in [0.2, 0.25) is 0 Å². The van der Waals surface area contributed by atoms with Crippen LogP contribution in [0.5, 0.6) is 0 Å². The highest BCUT2D eigenvalue weighted by atomic mass is 16.5. The van der Waals surface area contributed by atoms with Crippen LogP contribution in [0.1, 0.15) is 29.6 Å². The molecule has 3 rings (SSSR count). The summed E-state index contributed by atoms with van der Waals surface area (Å²) >= 11 is 0. The highest BCUT2D eigenvalue weighted by Gasteiger charge is 2.18. The number of amides is 1. The van der Waals surface area contributed by atoms with Crippen LogP contribution < -0.4 is 0 Å². The zero-order valence-corrected chi connectivity index (χ0v) is 13.6. The number of carbonyl (C=O) groups excluding carboxylic acids is 2. The number of rotatable bonds is 4. The summed E-state index contributed by atoms with van der Waals surface area (Å²) in [6.45, 7) is 1.35. The van der Waals surface area contributed by atoms with E-state index in [1.807, 2.05) is 42.5 Å². The molecule has 1 amide bonds. The van der Waals surface area contributed by atoms with Crippen molar-refractivity contribution in [3.05, 3.63) is 60.2 Å². The minimum absolute atomic E-state index is 0.107. The van der Waals surface area contributed by atoms with Crippen molar-refractivity contribution in [3.63, 3.8) is 0 Å². The number of benzene rings is 2. The van der Waals surface area contributed by atoms with Gasteiger partial charge in [-0.25, -0.2) is 4.79 Å². The van der Waals surface area contributed by atoms with Gasteiger partial charge in [0.15, 0.2) is 6.61 Å². The molecule has 1 fully saturated rings. The summed E-state index contributed by atoms with van der Waals surface area (Å²) in [5.41, 5.74) is 2.59. The van der Waals surface area contributed by atoms with E-state index in [-0.39, 0.29) is 12.5 Å². The number of carbonyl (C=O) groups is 2. The summed E-state index contributed by atoms with van der Waals surface area (Å²) in [5.74, 6) is -0.566. The second kappa shape index (κ2) is 7.77. The lowest BCUT2D eigenvalue weighted by atomic mass is 10.0. The van der Waals surface area contributed by atoms with Gasteiger partial charge in [0.1, 0.15) is 0 Å². The van der Waals surface area contributed by atoms with Crippen LogP contribution in [0.4, 0.5) is 0 Å². The van der Waals surface area contributed by atoms with Crippen molar-refractivity contribution in [2.75, 3.05) is 19.7 Å². The summed E-state index contributed by atoms with van der Waals surface area (Å²) in [6, 6.07) is 17.2. The Morgan fingerprint density at radius 1 is 0.833 bits per heavy atom. The minimum atomic E-state index is -0.458. The number of esters is 1. The zero-order valence-electron chi connectivity index (χ0n) is 13.6. The number of likely N-dealkylation sites (tertiary alicyclic amines) is 1. The summed E-state index contributed by atoms with van der Waals surface area (Å²) in [7, 11) is 0. The van der Waals surface area contributed by atoms with E-state index in [2.05, 4.69) is 0 Å². The molecule has 1 aliphatic heterocycles. The van der Waals surface area contributed by atoms with Crippen LogP contribution in [-0.4, -0.2) is 36.5 Å². The largest absolute Gasteiger partial charge is 0.452 e. The smallest absolute Gasteiger partial charge is 0.338 e. The molecular weight excluding hydrogens is 302 g/mol. The van der Waals surface area contributed by atoms with Crippen LogP contribution in [0.2, 0.25) is 0 Å². The third-order valence-corrected chi connectivity index (χ3v) is 4.26. The van der Waals surface area contributed by atoms with Crippen LogP contribution >= 0.6 is 0 Å². The number of hydrogen-bond donors (Lipinski definition) is 0. The van der Waals surface area contributed by atoms with E-state index >= 15 is 0 Å². The average molecular weight is 323 g/mol. The first kappa shape index (κ1) is 16.2. The lowest BCUT2D eigenvalue weighted by Gasteiger charge is -2.26. The average Bonchev–Trinajstić information content (AvgIpc) is 2.67. The van der Waals surface area contributed by atoms with Crippen LogP contribution in [-0.2, 0) is 9.53 Å². The summed E-state index contributed by atoms with van der Waals surface area (Å²) < 4.78 is 5.16. The Balaban J connectivity index is 1.56. The summed E-state index contributed by atoms with van der Waals surface area (Å²) in [6.07, 6.45) is 3.22. The van der Waals surface area contributed by atoms with Gasteiger partial charge in [0.25, 0.3) is 5.91 Å². The Hall–Kier alpha value is -2.62. The molecule has 0 atom stereocenters. The maximum Gasteiger partial charge on any atom is 0.338 e. The molecular formula is C20H21NO3. The van der Waals surface area contributed by atoms with E-state index in [9.17, 15) is 9.59 Å². The van der Waals surface area contributed by atoms with Gasteiger partial charge in [0, 0.05) is 13.1 Å². The second-order valence-electron chi connectivity index (χ2n) is 5.96. The Bertz CT molecular complexity index is 689. The number of hydrogen-bond acceptors (Lipinski definition) is 3. The van der Waals surface area contributed by atoms with Gasteiger partial charge in [-0.1, -0.05) is 42.5 Å². The molecule has 1 aliphatic rings. The first-order valence-electron chi connectivity index (χ1n) is 8.34. The fourth-order valence-corrected chi connectivity index (χ4v) is 2.87. The van der Waals surface area contributed by atoms with Gasteiger partial charge in [-0.15, -0.1) is 0 Å². The molecule has 4 heteroatoms. The quantitative estimate of drug-likeness (QED) is 0.809. The molecule has 0 saturated carbocycles. The molecule has 0 aromatic heterocycles. The van der Waals surface area contributed by atoms with E-state index in [0.717, 1.165) is 43.5 Å². The Labute approximate surface area is 142 Å². The van der Waals surface area contributed by atoms with Gasteiger partial charge in [-0.05, 0) is 42.5 Å². The Morgan fingerprint density at radius 3 is 2.12 bits per heavy atom. The maximum absolute atomic E-state index is 12.1. The van der Waals surface area contributed by atoms with Crippen molar-refractivity contribution in [2.45, 2.75) is 19.3 Å². The first-order valence-corrected chi connectivity index (χ1v) is 8.34. The van der Waals surface area contributed by atoms with Crippen molar-refractivity contribution >= 4 is 11.9 Å². The van der Waals surface area contributed by atoms with E-state index < -0.39 is 5.97 Å². The van der Waals surface area contributed by atoms with Gasteiger partial charge < -0.3 is 9.64 Å². The monoisotopic (exact) mass is 323 g/mol. The number of ether oxygens (including phenoxy) is 1. The predicted octanol–water partition coefficient (Wildman–Crippen LogP) is 3.52. The molecule has 0 unspecified atom stereocenters. The minimum Gasteiger partial charge on any atom is -0.452 e. The fourth-order valence-electron chi connectivity index (χ4n) is 2.87. The van der Waals surface area contributed by atoms with Crippen molar-refractivity contribution in [3.8, 4) is 11.1 Å². The maximum atomic E-state index is 12.1. The normalized spacial score (nSPS) is 14.2. The molecule has 124 valence electrons. The van der Waals surface area contributed by atoms with E-state index in [0.29, 0.717) is 5.56 Å². The molecule has 1 saturated heterocycles. The zero-order chi connectivity index (χ0) is 16.8. The van der Waals surface area contributed by atoms with Gasteiger partial charge in [-0.2, -0.15) is 0 Å². The number of piperidine rings is 1. The lowest BCUT2D eigenvalue weighted by Crippen LogP contribution is -2.38. The van der Waals surface area contributed by atoms with E-state index in [1.165, 1.54) is 0 Å². The molecule has 0 spiro atoms. The second-order valence-corrected chi connectivity index (χ2v) is 5.96. The summed E-state index contributed by atoms with van der Waals surface area (Å²) in [4.78, 5) is 25.9. The standard InChI is InChI=1S/C20H21NO3/c22-19(21-13-5-2-6-14-21)15-24-20(23)18-11-9-17(10-12-18)16-7-3-1-4-8-16/h1,3-4,7-12H,2,5-6,13-15H2. The van der Waals surface area contributed by atoms with Crippen LogP contribution in [0, 0.1) is 0 Å². The van der Waals surface area contributed by atoms with Gasteiger partial charge >= 0.3 is 5.97 Å². The lowest BCUT2D eigenvalue weighted by molar-refractivity contribution is -0.135. The topological polar surface area (TPSA) is 46.6 Å². The molecule has 0 bridgehead atoms. The van der Waals surface area contributed by atoms with Crippen LogP contribution in [0.25, 0.3) is 11.1 Å². The molecule has 1 heterocycles. The van der Waals surface area contributed by atoms with Crippen molar-refractivity contribution in [2.24, 2.45) is 0 Å². The molecule has 24 heavy (non-hydrogen) atoms. The first-order chi connectivity index (χ1) is 11.7. The molecule has 2 aromatic carbocycles. The highest BCUT2D eigenvalue weighted by Crippen LogP contribution is 2.19. The van der Waals surface area contributed by atoms with Gasteiger partial charge in [0.05, 0.1) is 5.56 Å². The number of nitrogens with zero attached hydrogens (tertiary/aromatic N) is 1. The predicted molar refractivity (Wildman–Crippen MR) is 92.6 cm³/mol. The summed E-state index contributed by atoms with van der Waals surface area (Å²) in [5, 5.41) is 0. The Morgan fingerprint density at radius 2 is 1.46 bits per heavy atom. The third-order valence-electron chi connectivity index (χ3n) is 4.26. The molecule has 0 N–H and O–H groups in total. The SMILES string of the molecule is O=C(OCC(=O)N1CCCCC1)c1ccc(-c2ccccc2)cc1. The molecule has 2 aromatic rings. The van der Waals surface area contributed by atoms with Gasteiger partial charge in [-0.3, -0.25) is 4.79 Å². The third kappa shape index (κ3) is 4.02. The van der Waals surface area contributed by atoms with E-state index in [4.69, 9.17) is 4.74 Å². The van der Waals surface area contributed by atoms with Crippen LogP contribution in [0.15, 0.2) is 54.6 Å². The van der Waals surface area contributed by atoms with Crippen LogP contribution in [0.3, 0.4) is 0 Å².